The van der Waals surface area contributed by atoms with Crippen LogP contribution in [0.4, 0.5) is 0 Å². The van der Waals surface area contributed by atoms with Crippen LogP contribution in [0.3, 0.4) is 0 Å². The maximum atomic E-state index is 11.7. The summed E-state index contributed by atoms with van der Waals surface area (Å²) in [4.78, 5) is 11.7. The lowest BCUT2D eigenvalue weighted by molar-refractivity contribution is -0.117. The third-order valence-corrected chi connectivity index (χ3v) is 3.50. The molecule has 1 amide bonds. The molecule has 3 nitrogen and oxygen atoms in total. The molecule has 0 bridgehead atoms. The molecule has 0 fully saturated rings. The fourth-order valence-electron chi connectivity index (χ4n) is 2.55. The molecule has 0 spiro atoms. The SMILES string of the molecule is CNC(=O)C1=CC2C(=CCc3ccccc32)OC1. The number of carbonyl (C=O) groups is 1. The Morgan fingerprint density at radius 3 is 3.06 bits per heavy atom. The molecule has 3 rings (SSSR count). The second-order valence-electron chi connectivity index (χ2n) is 4.55. The summed E-state index contributed by atoms with van der Waals surface area (Å²) < 4.78 is 5.71. The van der Waals surface area contributed by atoms with Crippen LogP contribution < -0.4 is 5.32 Å². The standard InChI is InChI=1S/C15H15NO2/c1-16-15(17)11-8-13-12-5-3-2-4-10(12)6-7-14(13)18-9-11/h2-5,7-8,13H,6,9H2,1H3,(H,16,17). The Labute approximate surface area is 106 Å². The Hall–Kier alpha value is -2.03. The van der Waals surface area contributed by atoms with E-state index in [1.54, 1.807) is 7.05 Å². The molecule has 1 heterocycles. The van der Waals surface area contributed by atoms with Gasteiger partial charge in [0, 0.05) is 7.05 Å². The summed E-state index contributed by atoms with van der Waals surface area (Å²) in [6.07, 6.45) is 5.04. The summed E-state index contributed by atoms with van der Waals surface area (Å²) >= 11 is 0. The predicted molar refractivity (Wildman–Crippen MR) is 69.1 cm³/mol. The van der Waals surface area contributed by atoms with Gasteiger partial charge < -0.3 is 10.1 Å². The van der Waals surface area contributed by atoms with Crippen LogP contribution in [0.15, 0.2) is 47.7 Å². The van der Waals surface area contributed by atoms with Crippen LogP contribution in [0.25, 0.3) is 0 Å². The molecule has 0 saturated carbocycles. The second kappa shape index (κ2) is 4.33. The van der Waals surface area contributed by atoms with Crippen molar-refractivity contribution in [3.8, 4) is 0 Å². The van der Waals surface area contributed by atoms with Crippen molar-refractivity contribution in [2.75, 3.05) is 13.7 Å². The number of hydrogen-bond donors (Lipinski definition) is 1. The van der Waals surface area contributed by atoms with Gasteiger partial charge in [-0.15, -0.1) is 0 Å². The van der Waals surface area contributed by atoms with Crippen LogP contribution in [0.5, 0.6) is 0 Å². The first-order valence-corrected chi connectivity index (χ1v) is 6.13. The minimum atomic E-state index is -0.0582. The van der Waals surface area contributed by atoms with Crippen LogP contribution in [-0.4, -0.2) is 19.6 Å². The highest BCUT2D eigenvalue weighted by molar-refractivity contribution is 5.94. The fraction of sp³-hybridized carbons (Fsp3) is 0.267. The first-order valence-electron chi connectivity index (χ1n) is 6.13. The minimum absolute atomic E-state index is 0.0582. The van der Waals surface area contributed by atoms with E-state index < -0.39 is 0 Å². The molecule has 1 unspecified atom stereocenters. The zero-order valence-corrected chi connectivity index (χ0v) is 10.3. The monoisotopic (exact) mass is 241 g/mol. The number of hydrogen-bond acceptors (Lipinski definition) is 2. The van der Waals surface area contributed by atoms with Crippen LogP contribution in [0.1, 0.15) is 17.0 Å². The Bertz CT molecular complexity index is 557. The van der Waals surface area contributed by atoms with E-state index in [2.05, 4.69) is 23.5 Å². The van der Waals surface area contributed by atoms with Crippen LogP contribution in [0.2, 0.25) is 0 Å². The number of amides is 1. The van der Waals surface area contributed by atoms with Gasteiger partial charge in [0.1, 0.15) is 12.4 Å². The van der Waals surface area contributed by atoms with Gasteiger partial charge in [-0.25, -0.2) is 0 Å². The van der Waals surface area contributed by atoms with E-state index >= 15 is 0 Å². The molecule has 1 aromatic rings. The van der Waals surface area contributed by atoms with Gasteiger partial charge in [0.2, 0.25) is 5.91 Å². The van der Waals surface area contributed by atoms with E-state index in [9.17, 15) is 4.79 Å². The molecule has 0 radical (unpaired) electrons. The largest absolute Gasteiger partial charge is 0.492 e. The molecule has 2 aliphatic rings. The number of fused-ring (bicyclic) bond motifs is 3. The molecule has 92 valence electrons. The van der Waals surface area contributed by atoms with E-state index in [-0.39, 0.29) is 11.8 Å². The van der Waals surface area contributed by atoms with Crippen molar-refractivity contribution >= 4 is 5.91 Å². The molecule has 3 heteroatoms. The third kappa shape index (κ3) is 1.72. The Balaban J connectivity index is 2.03. The summed E-state index contributed by atoms with van der Waals surface area (Å²) in [5, 5.41) is 2.65. The van der Waals surface area contributed by atoms with E-state index in [4.69, 9.17) is 4.74 Å². The molecule has 1 aliphatic carbocycles. The number of carbonyl (C=O) groups excluding carboxylic acids is 1. The van der Waals surface area contributed by atoms with Gasteiger partial charge in [-0.3, -0.25) is 4.79 Å². The first kappa shape index (κ1) is 11.1. The summed E-state index contributed by atoms with van der Waals surface area (Å²) in [6.45, 7) is 0.365. The molecular formula is C15H15NO2. The van der Waals surface area contributed by atoms with Gasteiger partial charge >= 0.3 is 0 Å². The van der Waals surface area contributed by atoms with E-state index in [0.29, 0.717) is 12.2 Å². The van der Waals surface area contributed by atoms with Gasteiger partial charge in [-0.2, -0.15) is 0 Å². The van der Waals surface area contributed by atoms with Crippen molar-refractivity contribution in [3.63, 3.8) is 0 Å². The first-order chi connectivity index (χ1) is 8.79. The predicted octanol–water partition coefficient (Wildman–Crippen LogP) is 1.91. The van der Waals surface area contributed by atoms with Gasteiger partial charge in [0.05, 0.1) is 11.5 Å². The zero-order valence-electron chi connectivity index (χ0n) is 10.3. The highest BCUT2D eigenvalue weighted by Crippen LogP contribution is 2.37. The van der Waals surface area contributed by atoms with Crippen molar-refractivity contribution in [2.24, 2.45) is 0 Å². The van der Waals surface area contributed by atoms with Gasteiger partial charge in [0.15, 0.2) is 0 Å². The van der Waals surface area contributed by atoms with E-state index in [1.165, 1.54) is 11.1 Å². The van der Waals surface area contributed by atoms with Crippen LogP contribution >= 0.6 is 0 Å². The lowest BCUT2D eigenvalue weighted by Gasteiger charge is -2.29. The second-order valence-corrected chi connectivity index (χ2v) is 4.55. The van der Waals surface area contributed by atoms with Crippen LogP contribution in [-0.2, 0) is 16.0 Å². The Kier molecular flexibility index (Phi) is 2.67. The number of nitrogens with one attached hydrogen (secondary N) is 1. The smallest absolute Gasteiger partial charge is 0.250 e. The molecule has 0 saturated heterocycles. The maximum Gasteiger partial charge on any atom is 0.250 e. The summed E-state index contributed by atoms with van der Waals surface area (Å²) in [5.74, 6) is 1.01. The Morgan fingerprint density at radius 1 is 1.39 bits per heavy atom. The molecule has 1 aromatic carbocycles. The zero-order chi connectivity index (χ0) is 12.5. The number of rotatable bonds is 1. The average molecular weight is 241 g/mol. The van der Waals surface area contributed by atoms with Crippen molar-refractivity contribution in [1.29, 1.82) is 0 Å². The summed E-state index contributed by atoms with van der Waals surface area (Å²) in [7, 11) is 1.64. The van der Waals surface area contributed by atoms with Gasteiger partial charge in [-0.1, -0.05) is 30.3 Å². The average Bonchev–Trinajstić information content (AvgIpc) is 2.45. The molecule has 1 aliphatic heterocycles. The molecule has 18 heavy (non-hydrogen) atoms. The molecule has 1 atom stereocenters. The number of ether oxygens (including phenoxy) is 1. The third-order valence-electron chi connectivity index (χ3n) is 3.50. The summed E-state index contributed by atoms with van der Waals surface area (Å²) in [6, 6.07) is 8.32. The molecule has 0 aromatic heterocycles. The van der Waals surface area contributed by atoms with Crippen LogP contribution in [0, 0.1) is 0 Å². The molecular weight excluding hydrogens is 226 g/mol. The van der Waals surface area contributed by atoms with E-state index in [0.717, 1.165) is 12.2 Å². The fourth-order valence-corrected chi connectivity index (χ4v) is 2.55. The lowest BCUT2D eigenvalue weighted by atomic mass is 9.84. The van der Waals surface area contributed by atoms with Gasteiger partial charge in [-0.05, 0) is 23.6 Å². The van der Waals surface area contributed by atoms with Crippen molar-refractivity contribution in [3.05, 3.63) is 58.9 Å². The highest BCUT2D eigenvalue weighted by atomic mass is 16.5. The lowest BCUT2D eigenvalue weighted by Crippen LogP contribution is -2.27. The van der Waals surface area contributed by atoms with Crippen molar-refractivity contribution in [2.45, 2.75) is 12.3 Å². The Morgan fingerprint density at radius 2 is 2.22 bits per heavy atom. The highest BCUT2D eigenvalue weighted by Gasteiger charge is 2.28. The normalized spacial score (nSPS) is 20.8. The molecule has 1 N–H and O–H groups in total. The van der Waals surface area contributed by atoms with Gasteiger partial charge in [0.25, 0.3) is 0 Å². The number of benzene rings is 1. The number of likely N-dealkylation sites (N-methyl/N-ethyl adjacent to an activating group) is 1. The summed E-state index contributed by atoms with van der Waals surface area (Å²) in [5.41, 5.74) is 3.26. The topological polar surface area (TPSA) is 38.3 Å². The van der Waals surface area contributed by atoms with Crippen molar-refractivity contribution in [1.82, 2.24) is 5.32 Å². The quantitative estimate of drug-likeness (QED) is 0.815. The maximum absolute atomic E-state index is 11.7. The van der Waals surface area contributed by atoms with Crippen molar-refractivity contribution < 1.29 is 9.53 Å². The number of allylic oxidation sites excluding steroid dienone is 2. The van der Waals surface area contributed by atoms with E-state index in [1.807, 2.05) is 18.2 Å². The minimum Gasteiger partial charge on any atom is -0.492 e.